The maximum atomic E-state index is 10.5. The molecule has 0 aliphatic carbocycles. The highest BCUT2D eigenvalue weighted by molar-refractivity contribution is 5.66. The molecule has 3 atom stereocenters. The molecule has 0 saturated carbocycles. The Kier molecular flexibility index (Phi) is 19.1. The molecule has 0 bridgehead atoms. The van der Waals surface area contributed by atoms with Gasteiger partial charge in [0.25, 0.3) is 0 Å². The summed E-state index contributed by atoms with van der Waals surface area (Å²) < 4.78 is 17.2. The van der Waals surface area contributed by atoms with Crippen molar-refractivity contribution in [2.75, 3.05) is 33.0 Å². The molecular weight excluding hydrogens is 358 g/mol. The third-order valence-electron chi connectivity index (χ3n) is 4.57. The first-order valence-electron chi connectivity index (χ1n) is 11.2. The summed E-state index contributed by atoms with van der Waals surface area (Å²) in [6.45, 7) is 11.2. The van der Waals surface area contributed by atoms with Gasteiger partial charge >= 0.3 is 5.97 Å². The predicted molar refractivity (Wildman–Crippen MR) is 114 cm³/mol. The molecule has 0 aliphatic heterocycles. The number of carbonyl (C=O) groups is 1. The summed E-state index contributed by atoms with van der Waals surface area (Å²) in [6.07, 6.45) is 10.7. The van der Waals surface area contributed by atoms with Gasteiger partial charge in [-0.25, -0.2) is 0 Å². The third kappa shape index (κ3) is 20.1. The number of aliphatic carboxylic acids is 1. The Hall–Kier alpha value is -0.690. The zero-order valence-electron chi connectivity index (χ0n) is 18.7. The normalized spacial score (nSPS) is 14.7. The van der Waals surface area contributed by atoms with Gasteiger partial charge in [0.15, 0.2) is 0 Å². The zero-order valence-corrected chi connectivity index (χ0v) is 18.7. The van der Waals surface area contributed by atoms with E-state index < -0.39 is 5.97 Å². The van der Waals surface area contributed by atoms with Crippen molar-refractivity contribution in [3.8, 4) is 0 Å². The fourth-order valence-corrected chi connectivity index (χ4v) is 2.78. The molecule has 0 aromatic rings. The van der Waals surface area contributed by atoms with E-state index in [0.29, 0.717) is 26.4 Å². The van der Waals surface area contributed by atoms with E-state index >= 15 is 0 Å². The summed E-state index contributed by atoms with van der Waals surface area (Å²) in [5, 5.41) is 11.7. The largest absolute Gasteiger partial charge is 0.481 e. The van der Waals surface area contributed by atoms with Crippen molar-refractivity contribution in [2.24, 2.45) is 0 Å². The molecular formula is C22H45NO5. The molecule has 0 radical (unpaired) electrons. The van der Waals surface area contributed by atoms with Crippen molar-refractivity contribution in [3.05, 3.63) is 0 Å². The van der Waals surface area contributed by atoms with Crippen molar-refractivity contribution in [1.29, 1.82) is 0 Å². The van der Waals surface area contributed by atoms with E-state index in [1.165, 1.54) is 44.9 Å². The van der Waals surface area contributed by atoms with Gasteiger partial charge in [0.05, 0.1) is 38.4 Å². The molecule has 0 heterocycles. The minimum absolute atomic E-state index is 0.00104. The molecule has 6 heteroatoms. The fourth-order valence-electron chi connectivity index (χ4n) is 2.78. The van der Waals surface area contributed by atoms with Gasteiger partial charge in [-0.15, -0.1) is 0 Å². The summed E-state index contributed by atoms with van der Waals surface area (Å²) in [6, 6.07) is 0.120. The van der Waals surface area contributed by atoms with Crippen LogP contribution in [0.15, 0.2) is 0 Å². The first-order chi connectivity index (χ1) is 13.5. The standard InChI is InChI=1S/C22H45NO5/c1-5-6-7-8-9-10-11-12-15-26-17-20(3)28-18-21(4)27-16-19(2)23-14-13-22(24)25/h19-21,23H,5-18H2,1-4H3,(H,24,25). The van der Waals surface area contributed by atoms with Crippen molar-refractivity contribution in [3.63, 3.8) is 0 Å². The van der Waals surface area contributed by atoms with Crippen LogP contribution < -0.4 is 5.32 Å². The molecule has 0 aromatic carbocycles. The Morgan fingerprint density at radius 1 is 0.857 bits per heavy atom. The second-order valence-corrected chi connectivity index (χ2v) is 7.84. The number of unbranched alkanes of at least 4 members (excludes halogenated alkanes) is 7. The third-order valence-corrected chi connectivity index (χ3v) is 4.57. The summed E-state index contributed by atoms with van der Waals surface area (Å²) in [5.41, 5.74) is 0. The second kappa shape index (κ2) is 19.6. The summed E-state index contributed by atoms with van der Waals surface area (Å²) >= 11 is 0. The molecule has 0 aromatic heterocycles. The number of carboxylic acids is 1. The Morgan fingerprint density at radius 3 is 2.07 bits per heavy atom. The van der Waals surface area contributed by atoms with Gasteiger partial charge in [-0.1, -0.05) is 51.9 Å². The van der Waals surface area contributed by atoms with Crippen LogP contribution in [-0.2, 0) is 19.0 Å². The lowest BCUT2D eigenvalue weighted by atomic mass is 10.1. The van der Waals surface area contributed by atoms with E-state index in [4.69, 9.17) is 19.3 Å². The van der Waals surface area contributed by atoms with Gasteiger partial charge in [-0.3, -0.25) is 4.79 Å². The highest BCUT2D eigenvalue weighted by atomic mass is 16.6. The average molecular weight is 404 g/mol. The molecule has 0 rings (SSSR count). The smallest absolute Gasteiger partial charge is 0.304 e. The SMILES string of the molecule is CCCCCCCCCCOCC(C)OCC(C)OCC(C)NCCC(=O)O. The van der Waals surface area contributed by atoms with E-state index in [0.717, 1.165) is 13.0 Å². The van der Waals surface area contributed by atoms with Gasteiger partial charge < -0.3 is 24.6 Å². The summed E-state index contributed by atoms with van der Waals surface area (Å²) in [4.78, 5) is 10.5. The average Bonchev–Trinajstić information content (AvgIpc) is 2.65. The van der Waals surface area contributed by atoms with Gasteiger partial charge in [0, 0.05) is 19.2 Å². The predicted octanol–water partition coefficient (Wildman–Crippen LogP) is 4.41. The van der Waals surface area contributed by atoms with Crippen LogP contribution in [0.25, 0.3) is 0 Å². The maximum absolute atomic E-state index is 10.5. The number of nitrogens with one attached hydrogen (secondary N) is 1. The molecule has 0 aliphatic rings. The van der Waals surface area contributed by atoms with Crippen LogP contribution in [0.5, 0.6) is 0 Å². The van der Waals surface area contributed by atoms with Crippen molar-refractivity contribution >= 4 is 5.97 Å². The van der Waals surface area contributed by atoms with Crippen LogP contribution in [0.1, 0.15) is 85.5 Å². The van der Waals surface area contributed by atoms with Gasteiger partial charge in [0.2, 0.25) is 0 Å². The minimum Gasteiger partial charge on any atom is -0.481 e. The van der Waals surface area contributed by atoms with Crippen LogP contribution in [0, 0.1) is 0 Å². The topological polar surface area (TPSA) is 77.0 Å². The molecule has 0 fully saturated rings. The maximum Gasteiger partial charge on any atom is 0.304 e. The number of hydrogen-bond donors (Lipinski definition) is 2. The Bertz CT molecular complexity index is 354. The first kappa shape index (κ1) is 27.3. The lowest BCUT2D eigenvalue weighted by Crippen LogP contribution is -2.34. The molecule has 3 unspecified atom stereocenters. The molecule has 0 amide bonds. The fraction of sp³-hybridized carbons (Fsp3) is 0.955. The van der Waals surface area contributed by atoms with Gasteiger partial charge in [0.1, 0.15) is 0 Å². The van der Waals surface area contributed by atoms with Crippen LogP contribution in [0.2, 0.25) is 0 Å². The van der Waals surface area contributed by atoms with E-state index in [1.54, 1.807) is 0 Å². The Labute approximate surface area is 172 Å². The number of hydrogen-bond acceptors (Lipinski definition) is 5. The van der Waals surface area contributed by atoms with Crippen LogP contribution in [-0.4, -0.2) is 62.3 Å². The lowest BCUT2D eigenvalue weighted by molar-refractivity contribution is -0.136. The van der Waals surface area contributed by atoms with E-state index in [1.807, 2.05) is 20.8 Å². The molecule has 0 saturated heterocycles. The van der Waals surface area contributed by atoms with Crippen molar-refractivity contribution in [1.82, 2.24) is 5.32 Å². The second-order valence-electron chi connectivity index (χ2n) is 7.84. The van der Waals surface area contributed by atoms with Crippen LogP contribution >= 0.6 is 0 Å². The summed E-state index contributed by atoms with van der Waals surface area (Å²) in [7, 11) is 0. The zero-order chi connectivity index (χ0) is 21.0. The van der Waals surface area contributed by atoms with E-state index in [-0.39, 0.29) is 24.7 Å². The molecule has 28 heavy (non-hydrogen) atoms. The number of carboxylic acid groups (broad SMARTS) is 1. The highest BCUT2D eigenvalue weighted by Crippen LogP contribution is 2.08. The van der Waals surface area contributed by atoms with Crippen LogP contribution in [0.3, 0.4) is 0 Å². The summed E-state index contributed by atoms with van der Waals surface area (Å²) in [5.74, 6) is -0.791. The number of ether oxygens (including phenoxy) is 3. The van der Waals surface area contributed by atoms with E-state index in [9.17, 15) is 4.79 Å². The molecule has 6 nitrogen and oxygen atoms in total. The Morgan fingerprint density at radius 2 is 1.43 bits per heavy atom. The molecule has 168 valence electrons. The lowest BCUT2D eigenvalue weighted by Gasteiger charge is -2.20. The van der Waals surface area contributed by atoms with Crippen molar-refractivity contribution in [2.45, 2.75) is 104 Å². The molecule has 2 N–H and O–H groups in total. The first-order valence-corrected chi connectivity index (χ1v) is 11.2. The number of rotatable bonds is 21. The quantitative estimate of drug-likeness (QED) is 0.277. The van der Waals surface area contributed by atoms with E-state index in [2.05, 4.69) is 12.2 Å². The van der Waals surface area contributed by atoms with Gasteiger partial charge in [-0.2, -0.15) is 0 Å². The monoisotopic (exact) mass is 403 g/mol. The van der Waals surface area contributed by atoms with Crippen molar-refractivity contribution < 1.29 is 24.1 Å². The highest BCUT2D eigenvalue weighted by Gasteiger charge is 2.10. The van der Waals surface area contributed by atoms with Crippen LogP contribution in [0.4, 0.5) is 0 Å². The van der Waals surface area contributed by atoms with Gasteiger partial charge in [-0.05, 0) is 27.2 Å². The Balaban J connectivity index is 3.45. The molecule has 0 spiro atoms. The minimum atomic E-state index is -0.791.